The van der Waals surface area contributed by atoms with Crippen LogP contribution in [-0.4, -0.2) is 113 Å². The number of nitrogens with zero attached hydrogens (tertiary/aromatic N) is 7. The summed E-state index contributed by atoms with van der Waals surface area (Å²) in [5.74, 6) is -2.85. The standard InChI is InChI=1S/C18H16BrFN6O3S.C10H11BrFN3O.C8H7N3O3S.ClH/c19-12-2-1-3-13(22-12)23-18(29)11-6-9(20)7-25(11)14(27)8-26-10-4-5-30-16(10)15(24-26)17(21)28;11-8-2-1-3-9(14-8)15-10(16)7-4-6(12)5-13-7;9-8(14)6-7-4(1-2-15-7)11(10-6)3-5(12)13;/h1-5,9,11H,6-8H2,(H2,21,28)(H,22,23,29);1-3,6-7,13H,4-5H2,(H,14,15,16);1-2H,3H2,(H2,9,14)(H,12,13);1H/t9-,11+;6-,7+;;/m11../s1. The van der Waals surface area contributed by atoms with Crippen molar-refractivity contribution >= 4 is 135 Å². The number of aromatic nitrogens is 6. The third kappa shape index (κ3) is 11.7. The van der Waals surface area contributed by atoms with Crippen molar-refractivity contribution in [2.24, 2.45) is 11.5 Å². The molecule has 0 bridgehead atoms. The number of rotatable bonds is 10. The van der Waals surface area contributed by atoms with Gasteiger partial charge in [0.1, 0.15) is 52.3 Å². The number of carbonyl (C=O) groups excluding carboxylic acids is 5. The Balaban J connectivity index is 0.000000192. The van der Waals surface area contributed by atoms with Gasteiger partial charge in [-0.2, -0.15) is 10.2 Å². The Morgan fingerprint density at radius 2 is 1.29 bits per heavy atom. The minimum absolute atomic E-state index is 0. The molecule has 6 aromatic rings. The van der Waals surface area contributed by atoms with Crippen molar-refractivity contribution in [2.75, 3.05) is 23.7 Å². The van der Waals surface area contributed by atoms with Gasteiger partial charge < -0.3 is 37.4 Å². The van der Waals surface area contributed by atoms with Crippen LogP contribution in [0.5, 0.6) is 0 Å². The number of carbonyl (C=O) groups is 6. The van der Waals surface area contributed by atoms with Crippen LogP contribution in [0, 0.1) is 0 Å². The summed E-state index contributed by atoms with van der Waals surface area (Å²) in [6.45, 7) is -0.476. The lowest BCUT2D eigenvalue weighted by molar-refractivity contribution is -0.138. The summed E-state index contributed by atoms with van der Waals surface area (Å²) in [4.78, 5) is 79.8. The molecular formula is C36H35Br2ClF2N12O7S2. The van der Waals surface area contributed by atoms with Crippen LogP contribution in [0.4, 0.5) is 20.4 Å². The van der Waals surface area contributed by atoms with Gasteiger partial charge in [0.2, 0.25) is 17.7 Å². The van der Waals surface area contributed by atoms with E-state index in [2.05, 4.69) is 68.0 Å². The van der Waals surface area contributed by atoms with Crippen molar-refractivity contribution in [2.45, 2.75) is 50.4 Å². The molecule has 0 unspecified atom stereocenters. The Labute approximate surface area is 380 Å². The normalized spacial score (nSPS) is 17.9. The lowest BCUT2D eigenvalue weighted by atomic mass is 10.2. The Morgan fingerprint density at radius 3 is 1.76 bits per heavy atom. The number of halogens is 5. The van der Waals surface area contributed by atoms with E-state index >= 15 is 0 Å². The third-order valence-corrected chi connectivity index (χ3v) is 11.7. The number of hydrogen-bond acceptors (Lipinski definition) is 13. The van der Waals surface area contributed by atoms with Gasteiger partial charge in [-0.15, -0.1) is 35.1 Å². The molecule has 0 radical (unpaired) electrons. The molecule has 26 heteroatoms. The first-order valence-electron chi connectivity index (χ1n) is 17.9. The number of thiophene rings is 2. The molecule has 8 N–H and O–H groups in total. The van der Waals surface area contributed by atoms with Crippen molar-refractivity contribution in [3.63, 3.8) is 0 Å². The van der Waals surface area contributed by atoms with Crippen LogP contribution in [-0.2, 0) is 32.3 Å². The quantitative estimate of drug-likeness (QED) is 0.106. The number of primary amides is 2. The number of anilines is 2. The first kappa shape index (κ1) is 47.6. The molecule has 0 spiro atoms. The van der Waals surface area contributed by atoms with E-state index < -0.39 is 54.0 Å². The van der Waals surface area contributed by atoms with Gasteiger partial charge >= 0.3 is 5.97 Å². The zero-order chi connectivity index (χ0) is 44.0. The second-order valence-electron chi connectivity index (χ2n) is 13.3. The predicted octanol–water partition coefficient (Wildman–Crippen LogP) is 4.12. The average Bonchev–Trinajstić information content (AvgIpc) is 4.05. The van der Waals surface area contributed by atoms with E-state index in [1.165, 1.54) is 36.9 Å². The van der Waals surface area contributed by atoms with E-state index in [4.69, 9.17) is 16.6 Å². The fourth-order valence-electron chi connectivity index (χ4n) is 6.30. The summed E-state index contributed by atoms with van der Waals surface area (Å²) in [5, 5.41) is 28.2. The van der Waals surface area contributed by atoms with Crippen LogP contribution in [0.2, 0.25) is 0 Å². The molecule has 8 heterocycles. The van der Waals surface area contributed by atoms with Crippen LogP contribution in [0.3, 0.4) is 0 Å². The van der Waals surface area contributed by atoms with Crippen molar-refractivity contribution in [3.8, 4) is 0 Å². The van der Waals surface area contributed by atoms with Gasteiger partial charge in [0.15, 0.2) is 11.4 Å². The maximum atomic E-state index is 14.1. The molecule has 4 atom stereocenters. The number of amides is 5. The summed E-state index contributed by atoms with van der Waals surface area (Å²) >= 11 is 9.02. The lowest BCUT2D eigenvalue weighted by Crippen LogP contribution is -2.44. The monoisotopic (exact) mass is 1040 g/mol. The molecule has 6 aromatic heterocycles. The van der Waals surface area contributed by atoms with Gasteiger partial charge in [0, 0.05) is 19.4 Å². The van der Waals surface area contributed by atoms with E-state index in [9.17, 15) is 37.5 Å². The molecule has 2 aliphatic rings. The fourth-order valence-corrected chi connectivity index (χ4v) is 8.74. The van der Waals surface area contributed by atoms with Gasteiger partial charge in [-0.1, -0.05) is 12.1 Å². The maximum Gasteiger partial charge on any atom is 0.325 e. The van der Waals surface area contributed by atoms with Crippen LogP contribution in [0.15, 0.2) is 68.5 Å². The molecule has 0 aromatic carbocycles. The van der Waals surface area contributed by atoms with Gasteiger partial charge in [0.25, 0.3) is 11.8 Å². The highest BCUT2D eigenvalue weighted by Crippen LogP contribution is 2.27. The topological polar surface area (TPSA) is 275 Å². The number of carboxylic acid groups (broad SMARTS) is 1. The van der Waals surface area contributed by atoms with E-state index in [1.807, 2.05) is 0 Å². The number of nitrogens with two attached hydrogens (primary N) is 2. The number of nitrogens with one attached hydrogen (secondary N) is 3. The lowest BCUT2D eigenvalue weighted by Gasteiger charge is -2.23. The largest absolute Gasteiger partial charge is 0.480 e. The third-order valence-electron chi connectivity index (χ3n) is 8.95. The molecular weight excluding hydrogens is 1010 g/mol. The van der Waals surface area contributed by atoms with E-state index in [0.717, 1.165) is 0 Å². The number of likely N-dealkylation sites (tertiary alicyclic amines) is 1. The number of alkyl halides is 2. The smallest absolute Gasteiger partial charge is 0.325 e. The van der Waals surface area contributed by atoms with Crippen LogP contribution in [0.25, 0.3) is 20.4 Å². The van der Waals surface area contributed by atoms with Crippen molar-refractivity contribution in [1.29, 1.82) is 0 Å². The summed E-state index contributed by atoms with van der Waals surface area (Å²) in [7, 11) is 0. The molecule has 0 saturated carbocycles. The van der Waals surface area contributed by atoms with Crippen molar-refractivity contribution in [3.05, 3.63) is 79.9 Å². The minimum atomic E-state index is -1.32. The van der Waals surface area contributed by atoms with Crippen molar-refractivity contribution in [1.82, 2.24) is 39.7 Å². The molecule has 5 amide bonds. The molecule has 0 aliphatic carbocycles. The average molecular weight is 1050 g/mol. The maximum absolute atomic E-state index is 14.1. The first-order valence-corrected chi connectivity index (χ1v) is 21.3. The highest BCUT2D eigenvalue weighted by atomic mass is 79.9. The fraction of sp³-hybridized carbons (Fsp3) is 0.278. The van der Waals surface area contributed by atoms with Crippen molar-refractivity contribution < 1.29 is 42.7 Å². The Bertz CT molecular complexity index is 2630. The number of fused-ring (bicyclic) bond motifs is 2. The second-order valence-corrected chi connectivity index (χ2v) is 16.7. The molecule has 2 fully saturated rings. The number of carboxylic acids is 1. The molecule has 328 valence electrons. The summed E-state index contributed by atoms with van der Waals surface area (Å²) in [5.41, 5.74) is 11.9. The van der Waals surface area contributed by atoms with E-state index in [1.54, 1.807) is 59.3 Å². The summed E-state index contributed by atoms with van der Waals surface area (Å²) < 4.78 is 32.0. The summed E-state index contributed by atoms with van der Waals surface area (Å²) in [6, 6.07) is 12.2. The van der Waals surface area contributed by atoms with Gasteiger partial charge in [-0.25, -0.2) is 18.7 Å². The van der Waals surface area contributed by atoms with Crippen LogP contribution >= 0.6 is 66.9 Å². The number of hydrogen-bond donors (Lipinski definition) is 6. The van der Waals surface area contributed by atoms with Gasteiger partial charge in [0.05, 0.1) is 33.0 Å². The highest BCUT2D eigenvalue weighted by Gasteiger charge is 2.40. The molecule has 2 saturated heterocycles. The van der Waals surface area contributed by atoms with Gasteiger partial charge in [-0.05, 0) is 79.0 Å². The zero-order valence-corrected chi connectivity index (χ0v) is 37.4. The SMILES string of the molecule is Cl.NC(=O)c1nn(CC(=O)N2C[C@H](F)C[C@H]2C(=O)Nc2cccc(Br)n2)c2ccsc12.NC(=O)c1nn(CC(=O)O)c2ccsc12.O=C(Nc1cccc(Br)n1)[C@@H]1C[C@@H](F)CN1. The predicted molar refractivity (Wildman–Crippen MR) is 235 cm³/mol. The Morgan fingerprint density at radius 1 is 0.774 bits per heavy atom. The van der Waals surface area contributed by atoms with E-state index in [-0.39, 0.29) is 68.7 Å². The zero-order valence-electron chi connectivity index (χ0n) is 31.7. The van der Waals surface area contributed by atoms with Crippen LogP contribution in [0.1, 0.15) is 33.8 Å². The molecule has 19 nitrogen and oxygen atoms in total. The highest BCUT2D eigenvalue weighted by molar-refractivity contribution is 9.10. The number of pyridine rings is 2. The number of aliphatic carboxylic acids is 1. The molecule has 62 heavy (non-hydrogen) atoms. The van der Waals surface area contributed by atoms with E-state index in [0.29, 0.717) is 41.3 Å². The van der Waals surface area contributed by atoms with Crippen LogP contribution < -0.4 is 27.4 Å². The molecule has 2 aliphatic heterocycles. The Hall–Kier alpha value is -5.47. The Kier molecular flexibility index (Phi) is 16.2. The minimum Gasteiger partial charge on any atom is -0.480 e. The summed E-state index contributed by atoms with van der Waals surface area (Å²) in [6.07, 6.45) is -2.14. The van der Waals surface area contributed by atoms with Gasteiger partial charge in [-0.3, -0.25) is 38.1 Å². The second kappa shape index (κ2) is 21.1. The first-order chi connectivity index (χ1) is 29.1. The molecule has 8 rings (SSSR count).